The largest absolute Gasteiger partial charge is 0.395 e. The van der Waals surface area contributed by atoms with Gasteiger partial charge in [-0.2, -0.15) is 0 Å². The molecule has 0 bridgehead atoms. The standard InChI is InChI=1S/C16H23BrClN3O2/c17-12-5-6-15(14(18)10-12)20-16(23)19-7-1-2-8-21-9-3-4-13(21)11-22/h5-6,10,13,22H,1-4,7-9,11H2,(H2,19,20,23). The highest BCUT2D eigenvalue weighted by atomic mass is 79.9. The van der Waals surface area contributed by atoms with Crippen molar-refractivity contribution >= 4 is 39.2 Å². The lowest BCUT2D eigenvalue weighted by Crippen LogP contribution is -2.34. The maximum atomic E-state index is 11.8. The molecule has 0 aliphatic carbocycles. The second kappa shape index (κ2) is 9.47. The molecule has 0 saturated carbocycles. The molecule has 3 N–H and O–H groups in total. The highest BCUT2D eigenvalue weighted by Crippen LogP contribution is 2.25. The van der Waals surface area contributed by atoms with Crippen molar-refractivity contribution in [3.8, 4) is 0 Å². The van der Waals surface area contributed by atoms with Gasteiger partial charge in [0, 0.05) is 17.1 Å². The van der Waals surface area contributed by atoms with Crippen LogP contribution in [-0.2, 0) is 0 Å². The van der Waals surface area contributed by atoms with Crippen molar-refractivity contribution < 1.29 is 9.90 Å². The van der Waals surface area contributed by atoms with E-state index in [1.54, 1.807) is 12.1 Å². The molecule has 2 rings (SSSR count). The molecule has 1 aliphatic rings. The van der Waals surface area contributed by atoms with E-state index in [2.05, 4.69) is 31.5 Å². The SMILES string of the molecule is O=C(NCCCCN1CCCC1CO)Nc1ccc(Br)cc1Cl. The Kier molecular flexibility index (Phi) is 7.62. The summed E-state index contributed by atoms with van der Waals surface area (Å²) in [6.07, 6.45) is 4.18. The fraction of sp³-hybridized carbons (Fsp3) is 0.562. The Morgan fingerprint density at radius 1 is 1.43 bits per heavy atom. The van der Waals surface area contributed by atoms with Gasteiger partial charge in [-0.15, -0.1) is 0 Å². The lowest BCUT2D eigenvalue weighted by molar-refractivity contribution is 0.157. The fourth-order valence-electron chi connectivity index (χ4n) is 2.80. The van der Waals surface area contributed by atoms with Crippen LogP contribution in [0.4, 0.5) is 10.5 Å². The van der Waals surface area contributed by atoms with Crippen LogP contribution < -0.4 is 10.6 Å². The summed E-state index contributed by atoms with van der Waals surface area (Å²) >= 11 is 9.39. The van der Waals surface area contributed by atoms with Gasteiger partial charge in [0.05, 0.1) is 17.3 Å². The molecule has 0 aromatic heterocycles. The number of anilines is 1. The minimum atomic E-state index is -0.247. The molecule has 128 valence electrons. The van der Waals surface area contributed by atoms with Gasteiger partial charge in [-0.25, -0.2) is 4.79 Å². The Hall–Kier alpha value is -0.820. The van der Waals surface area contributed by atoms with E-state index in [-0.39, 0.29) is 12.6 Å². The summed E-state index contributed by atoms with van der Waals surface area (Å²) in [6, 6.07) is 5.41. The van der Waals surface area contributed by atoms with Crippen LogP contribution >= 0.6 is 27.5 Å². The molecule has 1 unspecified atom stereocenters. The Bertz CT molecular complexity index is 530. The molecule has 1 aromatic carbocycles. The molecular weight excluding hydrogens is 382 g/mol. The number of likely N-dealkylation sites (tertiary alicyclic amines) is 1. The number of hydrogen-bond donors (Lipinski definition) is 3. The molecule has 1 atom stereocenters. The summed E-state index contributed by atoms with van der Waals surface area (Å²) in [5.41, 5.74) is 0.593. The Morgan fingerprint density at radius 2 is 2.26 bits per heavy atom. The topological polar surface area (TPSA) is 64.6 Å². The molecule has 0 spiro atoms. The second-order valence-corrected chi connectivity index (χ2v) is 7.05. The zero-order chi connectivity index (χ0) is 16.7. The summed E-state index contributed by atoms with van der Waals surface area (Å²) in [5, 5.41) is 15.3. The van der Waals surface area contributed by atoms with Crippen LogP contribution in [0, 0.1) is 0 Å². The van der Waals surface area contributed by atoms with Crippen LogP contribution in [0.3, 0.4) is 0 Å². The fourth-order valence-corrected chi connectivity index (χ4v) is 3.52. The smallest absolute Gasteiger partial charge is 0.319 e. The maximum absolute atomic E-state index is 11.8. The van der Waals surface area contributed by atoms with E-state index < -0.39 is 0 Å². The number of nitrogens with one attached hydrogen (secondary N) is 2. The number of hydrogen-bond acceptors (Lipinski definition) is 3. The molecule has 1 aromatic rings. The minimum absolute atomic E-state index is 0.245. The van der Waals surface area contributed by atoms with Crippen LogP contribution in [0.1, 0.15) is 25.7 Å². The van der Waals surface area contributed by atoms with Gasteiger partial charge >= 0.3 is 6.03 Å². The number of carbonyl (C=O) groups is 1. The number of aliphatic hydroxyl groups is 1. The Labute approximate surface area is 150 Å². The number of halogens is 2. The molecular formula is C16H23BrClN3O2. The van der Waals surface area contributed by atoms with Gasteiger partial charge in [0.15, 0.2) is 0 Å². The van der Waals surface area contributed by atoms with Gasteiger partial charge in [-0.3, -0.25) is 4.90 Å². The highest BCUT2D eigenvalue weighted by molar-refractivity contribution is 9.10. The maximum Gasteiger partial charge on any atom is 0.319 e. The van der Waals surface area contributed by atoms with Crippen molar-refractivity contribution in [2.75, 3.05) is 31.6 Å². The van der Waals surface area contributed by atoms with Crippen molar-refractivity contribution in [1.82, 2.24) is 10.2 Å². The van der Waals surface area contributed by atoms with Gasteiger partial charge in [0.1, 0.15) is 0 Å². The summed E-state index contributed by atoms with van der Waals surface area (Å²) in [4.78, 5) is 14.2. The number of urea groups is 1. The highest BCUT2D eigenvalue weighted by Gasteiger charge is 2.22. The van der Waals surface area contributed by atoms with Crippen LogP contribution in [-0.4, -0.2) is 48.3 Å². The minimum Gasteiger partial charge on any atom is -0.395 e. The third-order valence-corrected chi connectivity index (χ3v) is 4.85. The molecule has 1 heterocycles. The van der Waals surface area contributed by atoms with Crippen molar-refractivity contribution in [3.63, 3.8) is 0 Å². The van der Waals surface area contributed by atoms with Gasteiger partial charge in [-0.1, -0.05) is 27.5 Å². The molecule has 1 saturated heterocycles. The summed E-state index contributed by atoms with van der Waals surface area (Å²) in [6.45, 7) is 2.92. The van der Waals surface area contributed by atoms with E-state index in [9.17, 15) is 9.90 Å². The molecule has 0 radical (unpaired) electrons. The third kappa shape index (κ3) is 5.95. The second-order valence-electron chi connectivity index (χ2n) is 5.73. The van der Waals surface area contributed by atoms with Crippen LogP contribution in [0.2, 0.25) is 5.02 Å². The van der Waals surface area contributed by atoms with Crippen molar-refractivity contribution in [1.29, 1.82) is 0 Å². The zero-order valence-electron chi connectivity index (χ0n) is 13.0. The molecule has 7 heteroatoms. The number of rotatable bonds is 7. The van der Waals surface area contributed by atoms with Crippen LogP contribution in [0.25, 0.3) is 0 Å². The summed E-state index contributed by atoms with van der Waals surface area (Å²) in [5.74, 6) is 0. The first-order valence-corrected chi connectivity index (χ1v) is 9.12. The normalized spacial score (nSPS) is 18.1. The van der Waals surface area contributed by atoms with Crippen molar-refractivity contribution in [3.05, 3.63) is 27.7 Å². The van der Waals surface area contributed by atoms with E-state index in [4.69, 9.17) is 11.6 Å². The number of nitrogens with zero attached hydrogens (tertiary/aromatic N) is 1. The Balaban J connectivity index is 1.61. The van der Waals surface area contributed by atoms with Crippen molar-refractivity contribution in [2.24, 2.45) is 0 Å². The molecule has 5 nitrogen and oxygen atoms in total. The number of aliphatic hydroxyl groups excluding tert-OH is 1. The van der Waals surface area contributed by atoms with E-state index in [0.717, 1.165) is 36.8 Å². The summed E-state index contributed by atoms with van der Waals surface area (Å²) < 4.78 is 0.872. The predicted molar refractivity (Wildman–Crippen MR) is 97.1 cm³/mol. The average Bonchev–Trinajstić information content (AvgIpc) is 2.97. The number of benzene rings is 1. The molecule has 2 amide bonds. The zero-order valence-corrected chi connectivity index (χ0v) is 15.4. The number of amides is 2. The average molecular weight is 405 g/mol. The predicted octanol–water partition coefficient (Wildman–Crippen LogP) is 3.46. The van der Waals surface area contributed by atoms with E-state index >= 15 is 0 Å². The van der Waals surface area contributed by atoms with Gasteiger partial charge < -0.3 is 15.7 Å². The first-order chi connectivity index (χ1) is 11.1. The quantitative estimate of drug-likeness (QED) is 0.610. The van der Waals surface area contributed by atoms with E-state index in [0.29, 0.717) is 23.3 Å². The molecule has 1 fully saturated rings. The van der Waals surface area contributed by atoms with E-state index in [1.165, 1.54) is 6.42 Å². The Morgan fingerprint density at radius 3 is 3.00 bits per heavy atom. The van der Waals surface area contributed by atoms with Gasteiger partial charge in [0.2, 0.25) is 0 Å². The number of carbonyl (C=O) groups excluding carboxylic acids is 1. The lowest BCUT2D eigenvalue weighted by Gasteiger charge is -2.22. The lowest BCUT2D eigenvalue weighted by atomic mass is 10.2. The summed E-state index contributed by atoms with van der Waals surface area (Å²) in [7, 11) is 0. The van der Waals surface area contributed by atoms with Crippen molar-refractivity contribution in [2.45, 2.75) is 31.7 Å². The number of unbranched alkanes of at least 4 members (excludes halogenated alkanes) is 1. The molecule has 23 heavy (non-hydrogen) atoms. The van der Waals surface area contributed by atoms with Gasteiger partial charge in [0.25, 0.3) is 0 Å². The third-order valence-electron chi connectivity index (χ3n) is 4.05. The van der Waals surface area contributed by atoms with Crippen LogP contribution in [0.15, 0.2) is 22.7 Å². The first-order valence-electron chi connectivity index (χ1n) is 7.95. The van der Waals surface area contributed by atoms with Crippen LogP contribution in [0.5, 0.6) is 0 Å². The first kappa shape index (κ1) is 18.5. The van der Waals surface area contributed by atoms with E-state index in [1.807, 2.05) is 6.07 Å². The molecule has 1 aliphatic heterocycles. The van der Waals surface area contributed by atoms with Gasteiger partial charge in [-0.05, 0) is 57.0 Å². The monoisotopic (exact) mass is 403 g/mol.